The average Bonchev–Trinajstić information content (AvgIpc) is 2.88. The molecule has 37 heavy (non-hydrogen) atoms. The number of rotatable bonds is 7. The Morgan fingerprint density at radius 1 is 1.03 bits per heavy atom. The smallest absolute Gasteiger partial charge is 0.280 e. The van der Waals surface area contributed by atoms with Gasteiger partial charge in [0, 0.05) is 49.6 Å². The van der Waals surface area contributed by atoms with Gasteiger partial charge >= 0.3 is 0 Å². The molecule has 0 spiro atoms. The van der Waals surface area contributed by atoms with Crippen LogP contribution < -0.4 is 10.2 Å². The third-order valence-electron chi connectivity index (χ3n) is 8.44. The highest BCUT2D eigenvalue weighted by atomic mass is 19.3. The number of amides is 1. The minimum absolute atomic E-state index is 0.0733. The van der Waals surface area contributed by atoms with Crippen LogP contribution in [0.1, 0.15) is 96.5 Å². The molecule has 1 aromatic rings. The molecule has 1 amide bonds. The van der Waals surface area contributed by atoms with Crippen molar-refractivity contribution in [2.24, 2.45) is 11.8 Å². The Labute approximate surface area is 220 Å². The van der Waals surface area contributed by atoms with Crippen molar-refractivity contribution < 1.29 is 18.7 Å². The van der Waals surface area contributed by atoms with E-state index in [4.69, 9.17) is 0 Å². The first-order valence-electron chi connectivity index (χ1n) is 14.2. The summed E-state index contributed by atoms with van der Waals surface area (Å²) >= 11 is 0. The Morgan fingerprint density at radius 3 is 2.27 bits per heavy atom. The summed E-state index contributed by atoms with van der Waals surface area (Å²) in [6.07, 6.45) is 5.84. The van der Waals surface area contributed by atoms with Gasteiger partial charge in [-0.15, -0.1) is 0 Å². The molecule has 9 heteroatoms. The van der Waals surface area contributed by atoms with E-state index >= 15 is 0 Å². The van der Waals surface area contributed by atoms with E-state index < -0.39 is 6.43 Å². The van der Waals surface area contributed by atoms with E-state index in [1.807, 2.05) is 20.8 Å². The first-order valence-corrected chi connectivity index (χ1v) is 14.2. The van der Waals surface area contributed by atoms with Crippen LogP contribution in [0.3, 0.4) is 0 Å². The van der Waals surface area contributed by atoms with Crippen molar-refractivity contribution in [1.29, 1.82) is 0 Å². The van der Waals surface area contributed by atoms with Crippen molar-refractivity contribution in [2.45, 2.75) is 103 Å². The SMILES string of the molecule is CC(C)(C)c1nc(C(F)F)cc(N2CCN(CC[C@H]3CC[C@@H](NC(=O)[C@H]4CC[C@@H](O)CC4)CC3)CC2)n1. The lowest BCUT2D eigenvalue weighted by molar-refractivity contribution is -0.127. The van der Waals surface area contributed by atoms with Crippen LogP contribution in [0.2, 0.25) is 0 Å². The fourth-order valence-electron chi connectivity index (χ4n) is 5.88. The van der Waals surface area contributed by atoms with Crippen molar-refractivity contribution in [3.63, 3.8) is 0 Å². The van der Waals surface area contributed by atoms with Crippen LogP contribution in [0.25, 0.3) is 0 Å². The minimum Gasteiger partial charge on any atom is -0.393 e. The van der Waals surface area contributed by atoms with Gasteiger partial charge in [-0.3, -0.25) is 9.69 Å². The van der Waals surface area contributed by atoms with Crippen LogP contribution in [0.5, 0.6) is 0 Å². The second-order valence-corrected chi connectivity index (χ2v) is 12.4. The van der Waals surface area contributed by atoms with Gasteiger partial charge in [0.05, 0.1) is 6.10 Å². The van der Waals surface area contributed by atoms with Crippen molar-refractivity contribution in [3.05, 3.63) is 17.6 Å². The lowest BCUT2D eigenvalue weighted by Crippen LogP contribution is -2.47. The van der Waals surface area contributed by atoms with Crippen LogP contribution in [0, 0.1) is 11.8 Å². The molecule has 0 unspecified atom stereocenters. The summed E-state index contributed by atoms with van der Waals surface area (Å²) in [6.45, 7) is 10.3. The van der Waals surface area contributed by atoms with Crippen molar-refractivity contribution >= 4 is 11.7 Å². The summed E-state index contributed by atoms with van der Waals surface area (Å²) in [6, 6.07) is 1.74. The van der Waals surface area contributed by atoms with Gasteiger partial charge in [-0.25, -0.2) is 18.7 Å². The monoisotopic (exact) mass is 521 g/mol. The molecular formula is C28H45F2N5O2. The van der Waals surface area contributed by atoms with E-state index in [2.05, 4.69) is 25.1 Å². The zero-order chi connectivity index (χ0) is 26.6. The Morgan fingerprint density at radius 2 is 1.68 bits per heavy atom. The molecule has 7 nitrogen and oxygen atoms in total. The maximum absolute atomic E-state index is 13.5. The number of hydrogen-bond donors (Lipinski definition) is 2. The molecule has 2 saturated carbocycles. The number of carbonyl (C=O) groups is 1. The van der Waals surface area contributed by atoms with E-state index in [0.29, 0.717) is 23.6 Å². The molecule has 4 rings (SSSR count). The summed E-state index contributed by atoms with van der Waals surface area (Å²) in [4.78, 5) is 25.9. The molecule has 3 aliphatic rings. The number of hydrogen-bond acceptors (Lipinski definition) is 6. The van der Waals surface area contributed by atoms with E-state index in [9.17, 15) is 18.7 Å². The fraction of sp³-hybridized carbons (Fsp3) is 0.821. The highest BCUT2D eigenvalue weighted by Crippen LogP contribution is 2.30. The van der Waals surface area contributed by atoms with Crippen molar-refractivity contribution in [3.8, 4) is 0 Å². The molecular weight excluding hydrogens is 476 g/mol. The molecule has 0 bridgehead atoms. The summed E-state index contributed by atoms with van der Waals surface area (Å²) in [5.74, 6) is 2.03. The van der Waals surface area contributed by atoms with Gasteiger partial charge in [-0.05, 0) is 70.3 Å². The number of nitrogens with one attached hydrogen (secondary N) is 1. The first kappa shape index (κ1) is 28.1. The summed E-state index contributed by atoms with van der Waals surface area (Å²) in [5.41, 5.74) is -0.579. The first-order chi connectivity index (χ1) is 17.6. The Kier molecular flexibility index (Phi) is 9.38. The molecule has 0 aromatic carbocycles. The number of aliphatic hydroxyl groups is 1. The molecule has 0 radical (unpaired) electrons. The lowest BCUT2D eigenvalue weighted by atomic mass is 9.83. The van der Waals surface area contributed by atoms with Gasteiger partial charge < -0.3 is 15.3 Å². The van der Waals surface area contributed by atoms with Crippen LogP contribution in [-0.4, -0.2) is 70.8 Å². The maximum Gasteiger partial charge on any atom is 0.280 e. The third-order valence-corrected chi connectivity index (χ3v) is 8.44. The van der Waals surface area contributed by atoms with Gasteiger partial charge in [-0.1, -0.05) is 20.8 Å². The molecule has 1 saturated heterocycles. The van der Waals surface area contributed by atoms with Crippen LogP contribution in [-0.2, 0) is 10.2 Å². The van der Waals surface area contributed by atoms with Gasteiger partial charge in [0.25, 0.3) is 6.43 Å². The second kappa shape index (κ2) is 12.3. The Bertz CT molecular complexity index is 885. The molecule has 2 N–H and O–H groups in total. The molecule has 3 fully saturated rings. The standard InChI is InChI=1S/C28H45F2N5O2/c1-28(2,3)27-32-23(25(29)30)18-24(33-27)35-16-14-34(15-17-35)13-12-19-4-8-21(9-5-19)31-26(37)20-6-10-22(36)11-7-20/h18-22,25,36H,4-17H2,1-3H3,(H,31,37)/t19-,20-,21+,22+. The highest BCUT2D eigenvalue weighted by Gasteiger charge is 2.29. The average molecular weight is 522 g/mol. The van der Waals surface area contributed by atoms with Crippen LogP contribution in [0.4, 0.5) is 14.6 Å². The zero-order valence-corrected chi connectivity index (χ0v) is 22.8. The molecule has 1 aromatic heterocycles. The quantitative estimate of drug-likeness (QED) is 0.552. The normalized spacial score (nSPS) is 27.9. The molecule has 208 valence electrons. The molecule has 0 atom stereocenters. The molecule has 2 heterocycles. The molecule has 2 aliphatic carbocycles. The number of piperazine rings is 1. The number of aliphatic hydroxyl groups excluding tert-OH is 1. The fourth-order valence-corrected chi connectivity index (χ4v) is 5.88. The number of anilines is 1. The highest BCUT2D eigenvalue weighted by molar-refractivity contribution is 5.79. The number of alkyl halides is 2. The van der Waals surface area contributed by atoms with Gasteiger partial charge in [-0.2, -0.15) is 0 Å². The van der Waals surface area contributed by atoms with E-state index in [1.54, 1.807) is 0 Å². The number of carbonyl (C=O) groups excluding carboxylic acids is 1. The van der Waals surface area contributed by atoms with Gasteiger partial charge in [0.2, 0.25) is 5.91 Å². The van der Waals surface area contributed by atoms with E-state index in [1.165, 1.54) is 12.5 Å². The number of aromatic nitrogens is 2. The number of nitrogens with zero attached hydrogens (tertiary/aromatic N) is 4. The lowest BCUT2D eigenvalue weighted by Gasteiger charge is -2.37. The van der Waals surface area contributed by atoms with Crippen LogP contribution >= 0.6 is 0 Å². The van der Waals surface area contributed by atoms with E-state index in [0.717, 1.165) is 84.1 Å². The predicted molar refractivity (Wildman–Crippen MR) is 141 cm³/mol. The van der Waals surface area contributed by atoms with E-state index in [-0.39, 0.29) is 29.0 Å². The Balaban J connectivity index is 1.18. The van der Waals surface area contributed by atoms with Crippen molar-refractivity contribution in [1.82, 2.24) is 20.2 Å². The summed E-state index contributed by atoms with van der Waals surface area (Å²) in [5, 5.41) is 12.9. The second-order valence-electron chi connectivity index (χ2n) is 12.4. The minimum atomic E-state index is -2.60. The predicted octanol–water partition coefficient (Wildman–Crippen LogP) is 4.45. The van der Waals surface area contributed by atoms with Gasteiger partial charge in [0.1, 0.15) is 17.3 Å². The zero-order valence-electron chi connectivity index (χ0n) is 22.8. The largest absolute Gasteiger partial charge is 0.393 e. The molecule has 1 aliphatic heterocycles. The summed E-state index contributed by atoms with van der Waals surface area (Å²) < 4.78 is 26.9. The Hall–Kier alpha value is -1.87. The number of halogens is 2. The van der Waals surface area contributed by atoms with Crippen LogP contribution in [0.15, 0.2) is 6.07 Å². The van der Waals surface area contributed by atoms with Crippen molar-refractivity contribution in [2.75, 3.05) is 37.6 Å². The topological polar surface area (TPSA) is 81.6 Å². The summed E-state index contributed by atoms with van der Waals surface area (Å²) in [7, 11) is 0. The third kappa shape index (κ3) is 7.82. The van der Waals surface area contributed by atoms with Gasteiger partial charge in [0.15, 0.2) is 0 Å². The maximum atomic E-state index is 13.5.